The molecule has 0 aromatic carbocycles. The van der Waals surface area contributed by atoms with Crippen LogP contribution in [0.3, 0.4) is 0 Å². The highest BCUT2D eigenvalue weighted by atomic mass is 32.1. The van der Waals surface area contributed by atoms with Crippen molar-refractivity contribution in [1.29, 1.82) is 0 Å². The first kappa shape index (κ1) is 18.5. The SMILES string of the molecule is CCCc1c(C(=O)Nc2nc(-c3ccc(C)s3)cs2)[nH]c(C)c1C(C)=O. The number of aryl methyl sites for hydroxylation is 2. The van der Waals surface area contributed by atoms with Crippen molar-refractivity contribution in [1.82, 2.24) is 9.97 Å². The van der Waals surface area contributed by atoms with E-state index in [1.54, 1.807) is 11.3 Å². The van der Waals surface area contributed by atoms with Gasteiger partial charge < -0.3 is 4.98 Å². The lowest BCUT2D eigenvalue weighted by Gasteiger charge is -2.05. The van der Waals surface area contributed by atoms with Crippen molar-refractivity contribution in [3.8, 4) is 10.6 Å². The van der Waals surface area contributed by atoms with Crippen molar-refractivity contribution in [2.45, 2.75) is 40.5 Å². The van der Waals surface area contributed by atoms with E-state index in [2.05, 4.69) is 28.3 Å². The molecule has 0 spiro atoms. The van der Waals surface area contributed by atoms with Gasteiger partial charge in [0.25, 0.3) is 5.91 Å². The Morgan fingerprint density at radius 3 is 2.65 bits per heavy atom. The van der Waals surface area contributed by atoms with E-state index in [4.69, 9.17) is 0 Å². The van der Waals surface area contributed by atoms with Gasteiger partial charge in [0.15, 0.2) is 10.9 Å². The van der Waals surface area contributed by atoms with E-state index in [9.17, 15) is 9.59 Å². The Balaban J connectivity index is 1.86. The second kappa shape index (κ2) is 7.55. The zero-order valence-corrected chi connectivity index (χ0v) is 16.9. The van der Waals surface area contributed by atoms with E-state index in [-0.39, 0.29) is 11.7 Å². The van der Waals surface area contributed by atoms with Crippen LogP contribution in [0.15, 0.2) is 17.5 Å². The first-order valence-corrected chi connectivity index (χ1v) is 10.2. The minimum absolute atomic E-state index is 0.0224. The molecule has 26 heavy (non-hydrogen) atoms. The summed E-state index contributed by atoms with van der Waals surface area (Å²) in [6.45, 7) is 7.45. The fourth-order valence-electron chi connectivity index (χ4n) is 3.02. The third-order valence-corrected chi connectivity index (χ3v) is 5.87. The standard InChI is InChI=1S/C19H21N3O2S2/c1-5-6-13-16(12(4)23)11(3)20-17(13)18(24)22-19-21-14(9-25-19)15-8-7-10(2)26-15/h7-9,20H,5-6H2,1-4H3,(H,21,22,24). The average Bonchev–Trinajstić information content (AvgIpc) is 3.27. The van der Waals surface area contributed by atoms with Gasteiger partial charge in [0.1, 0.15) is 5.69 Å². The van der Waals surface area contributed by atoms with Crippen molar-refractivity contribution in [2.24, 2.45) is 0 Å². The quantitative estimate of drug-likeness (QED) is 0.569. The summed E-state index contributed by atoms with van der Waals surface area (Å²) in [5.41, 5.74) is 3.48. The number of ketones is 1. The highest BCUT2D eigenvalue weighted by Crippen LogP contribution is 2.31. The van der Waals surface area contributed by atoms with Gasteiger partial charge in [-0.2, -0.15) is 0 Å². The Kier molecular flexibility index (Phi) is 5.38. The molecule has 0 atom stereocenters. The van der Waals surface area contributed by atoms with Crippen molar-refractivity contribution < 1.29 is 9.59 Å². The van der Waals surface area contributed by atoms with Crippen LogP contribution in [0.2, 0.25) is 0 Å². The molecule has 0 radical (unpaired) electrons. The molecule has 3 heterocycles. The summed E-state index contributed by atoms with van der Waals surface area (Å²) < 4.78 is 0. The zero-order valence-electron chi connectivity index (χ0n) is 15.2. The number of carbonyl (C=O) groups excluding carboxylic acids is 2. The Labute approximate surface area is 160 Å². The third-order valence-electron chi connectivity index (χ3n) is 4.09. The summed E-state index contributed by atoms with van der Waals surface area (Å²) in [4.78, 5) is 34.6. The Bertz CT molecular complexity index is 966. The maximum Gasteiger partial charge on any atom is 0.274 e. The molecule has 3 rings (SSSR count). The highest BCUT2D eigenvalue weighted by Gasteiger charge is 2.23. The van der Waals surface area contributed by atoms with Crippen LogP contribution >= 0.6 is 22.7 Å². The maximum absolute atomic E-state index is 12.8. The van der Waals surface area contributed by atoms with Gasteiger partial charge in [-0.3, -0.25) is 14.9 Å². The van der Waals surface area contributed by atoms with Crippen LogP contribution in [0.4, 0.5) is 5.13 Å². The molecule has 0 unspecified atom stereocenters. The summed E-state index contributed by atoms with van der Waals surface area (Å²) >= 11 is 3.07. The monoisotopic (exact) mass is 387 g/mol. The molecule has 0 fully saturated rings. The summed E-state index contributed by atoms with van der Waals surface area (Å²) in [6, 6.07) is 4.09. The molecule has 3 aromatic rings. The van der Waals surface area contributed by atoms with E-state index in [0.29, 0.717) is 22.8 Å². The molecular formula is C19H21N3O2S2. The predicted molar refractivity (Wildman–Crippen MR) is 108 cm³/mol. The summed E-state index contributed by atoms with van der Waals surface area (Å²) in [6.07, 6.45) is 1.54. The molecule has 2 N–H and O–H groups in total. The number of aromatic nitrogens is 2. The number of anilines is 1. The Morgan fingerprint density at radius 2 is 2.04 bits per heavy atom. The molecule has 7 heteroatoms. The smallest absolute Gasteiger partial charge is 0.274 e. The first-order valence-electron chi connectivity index (χ1n) is 8.46. The molecule has 1 amide bonds. The molecule has 0 bridgehead atoms. The van der Waals surface area contributed by atoms with E-state index in [1.165, 1.54) is 23.1 Å². The molecule has 5 nitrogen and oxygen atoms in total. The van der Waals surface area contributed by atoms with Crippen LogP contribution in [0, 0.1) is 13.8 Å². The van der Waals surface area contributed by atoms with Crippen LogP contribution < -0.4 is 5.32 Å². The second-order valence-electron chi connectivity index (χ2n) is 6.19. The van der Waals surface area contributed by atoms with Gasteiger partial charge in [0.2, 0.25) is 0 Å². The number of H-pyrrole nitrogens is 1. The molecule has 3 aromatic heterocycles. The number of hydrogen-bond acceptors (Lipinski definition) is 5. The number of carbonyl (C=O) groups is 2. The Morgan fingerprint density at radius 1 is 1.27 bits per heavy atom. The van der Waals surface area contributed by atoms with Crippen LogP contribution in [0.1, 0.15) is 57.2 Å². The normalized spacial score (nSPS) is 10.9. The number of thiazole rings is 1. The van der Waals surface area contributed by atoms with Crippen LogP contribution in [0.5, 0.6) is 0 Å². The van der Waals surface area contributed by atoms with Gasteiger partial charge in [0.05, 0.1) is 10.6 Å². The third kappa shape index (κ3) is 3.64. The van der Waals surface area contributed by atoms with Crippen molar-refractivity contribution >= 4 is 39.5 Å². The number of aromatic amines is 1. The second-order valence-corrected chi connectivity index (χ2v) is 8.33. The molecule has 0 saturated carbocycles. The fraction of sp³-hybridized carbons (Fsp3) is 0.316. The molecule has 0 aliphatic carbocycles. The minimum Gasteiger partial charge on any atom is -0.354 e. The van der Waals surface area contributed by atoms with Gasteiger partial charge in [0, 0.05) is 21.5 Å². The molecule has 0 saturated heterocycles. The summed E-state index contributed by atoms with van der Waals surface area (Å²) in [7, 11) is 0. The maximum atomic E-state index is 12.8. The number of Topliss-reactive ketones (excluding diaryl/α,β-unsaturated/α-hetero) is 1. The predicted octanol–water partition coefficient (Wildman–Crippen LogP) is 5.22. The average molecular weight is 388 g/mol. The van der Waals surface area contributed by atoms with Gasteiger partial charge in [-0.25, -0.2) is 4.98 Å². The lowest BCUT2D eigenvalue weighted by molar-refractivity contribution is 0.101. The van der Waals surface area contributed by atoms with E-state index < -0.39 is 0 Å². The fourth-order valence-corrected chi connectivity index (χ4v) is 4.63. The first-order chi connectivity index (χ1) is 12.4. The van der Waals surface area contributed by atoms with E-state index in [1.807, 2.05) is 25.3 Å². The highest BCUT2D eigenvalue weighted by molar-refractivity contribution is 7.17. The molecular weight excluding hydrogens is 366 g/mol. The number of hydrogen-bond donors (Lipinski definition) is 2. The van der Waals surface area contributed by atoms with Crippen LogP contribution in [-0.4, -0.2) is 21.7 Å². The van der Waals surface area contributed by atoms with Crippen molar-refractivity contribution in [3.05, 3.63) is 44.9 Å². The van der Waals surface area contributed by atoms with Crippen LogP contribution in [0.25, 0.3) is 10.6 Å². The Hall–Kier alpha value is -2.25. The zero-order chi connectivity index (χ0) is 18.8. The number of thiophene rings is 1. The van der Waals surface area contributed by atoms with Gasteiger partial charge in [-0.15, -0.1) is 22.7 Å². The topological polar surface area (TPSA) is 74.8 Å². The lowest BCUT2D eigenvalue weighted by atomic mass is 10.0. The molecule has 136 valence electrons. The summed E-state index contributed by atoms with van der Waals surface area (Å²) in [5.74, 6) is -0.279. The number of amides is 1. The van der Waals surface area contributed by atoms with Gasteiger partial charge in [-0.1, -0.05) is 13.3 Å². The largest absolute Gasteiger partial charge is 0.354 e. The van der Waals surface area contributed by atoms with Crippen molar-refractivity contribution in [2.75, 3.05) is 5.32 Å². The van der Waals surface area contributed by atoms with Gasteiger partial charge >= 0.3 is 0 Å². The van der Waals surface area contributed by atoms with Gasteiger partial charge in [-0.05, 0) is 44.9 Å². The number of rotatable bonds is 6. The lowest BCUT2D eigenvalue weighted by Crippen LogP contribution is -2.15. The number of nitrogens with zero attached hydrogens (tertiary/aromatic N) is 1. The van der Waals surface area contributed by atoms with Crippen LogP contribution in [-0.2, 0) is 6.42 Å². The summed E-state index contributed by atoms with van der Waals surface area (Å²) in [5, 5.41) is 5.35. The van der Waals surface area contributed by atoms with E-state index >= 15 is 0 Å². The van der Waals surface area contributed by atoms with E-state index in [0.717, 1.165) is 28.2 Å². The minimum atomic E-state index is -0.257. The number of nitrogens with one attached hydrogen (secondary N) is 2. The molecule has 0 aliphatic heterocycles. The van der Waals surface area contributed by atoms with Crippen molar-refractivity contribution in [3.63, 3.8) is 0 Å². The molecule has 0 aliphatic rings.